The van der Waals surface area contributed by atoms with Gasteiger partial charge in [0.15, 0.2) is 0 Å². The molecule has 8 heteroatoms. The van der Waals surface area contributed by atoms with Crippen LogP contribution < -0.4 is 20.8 Å². The molecule has 0 aliphatic carbocycles. The van der Waals surface area contributed by atoms with E-state index >= 15 is 0 Å². The molecule has 1 saturated heterocycles. The van der Waals surface area contributed by atoms with E-state index in [0.717, 1.165) is 25.9 Å². The highest BCUT2D eigenvalue weighted by molar-refractivity contribution is 6.74. The zero-order valence-corrected chi connectivity index (χ0v) is 20.9. The fourth-order valence-electron chi connectivity index (χ4n) is 3.52. The molecule has 32 heavy (non-hydrogen) atoms. The lowest BCUT2D eigenvalue weighted by Crippen LogP contribution is -2.44. The molecule has 0 bridgehead atoms. The van der Waals surface area contributed by atoms with Gasteiger partial charge in [-0.1, -0.05) is 20.8 Å². The van der Waals surface area contributed by atoms with E-state index in [1.165, 1.54) is 5.69 Å². The lowest BCUT2D eigenvalue weighted by molar-refractivity contribution is 0.0420. The summed E-state index contributed by atoms with van der Waals surface area (Å²) in [6.45, 7) is 12.9. The van der Waals surface area contributed by atoms with Gasteiger partial charge in [0, 0.05) is 31.2 Å². The number of hydrogen-bond acceptors (Lipinski definition) is 7. The van der Waals surface area contributed by atoms with Crippen LogP contribution in [0.15, 0.2) is 36.7 Å². The Morgan fingerprint density at radius 1 is 1.12 bits per heavy atom. The number of carbonyl (C=O) groups excluding carboxylic acids is 1. The summed E-state index contributed by atoms with van der Waals surface area (Å²) in [6, 6.07) is 7.46. The number of aromatic nitrogens is 1. The standard InChI is InChI=1S/C24H36N4O3Si/c1-24(2,3)32(4,5)31-20-7-6-19(25)22(26)21(20)23(29)30-16-17-10-14-28(15-11-17)18-8-12-27-13-9-18/h6-9,12-13,17H,10-11,14-16,25-26H2,1-5H3. The Morgan fingerprint density at radius 3 is 2.34 bits per heavy atom. The van der Waals surface area contributed by atoms with Gasteiger partial charge in [0.05, 0.1) is 18.0 Å². The number of nitrogens with zero attached hydrogens (tertiary/aromatic N) is 2. The molecule has 1 aliphatic heterocycles. The van der Waals surface area contributed by atoms with Gasteiger partial charge in [-0.2, -0.15) is 0 Å². The number of benzene rings is 1. The molecular formula is C24H36N4O3Si. The first-order valence-corrected chi connectivity index (χ1v) is 14.1. The highest BCUT2D eigenvalue weighted by atomic mass is 28.4. The van der Waals surface area contributed by atoms with E-state index in [9.17, 15) is 4.79 Å². The molecule has 0 saturated carbocycles. The molecule has 0 unspecified atom stereocenters. The van der Waals surface area contributed by atoms with Crippen LogP contribution in [0.25, 0.3) is 0 Å². The van der Waals surface area contributed by atoms with Gasteiger partial charge in [-0.15, -0.1) is 0 Å². The Morgan fingerprint density at radius 2 is 1.75 bits per heavy atom. The van der Waals surface area contributed by atoms with Gasteiger partial charge in [0.1, 0.15) is 11.3 Å². The molecule has 7 nitrogen and oxygen atoms in total. The Balaban J connectivity index is 1.66. The molecule has 1 aromatic carbocycles. The molecule has 174 valence electrons. The number of pyridine rings is 1. The van der Waals surface area contributed by atoms with Crippen molar-refractivity contribution >= 4 is 31.3 Å². The van der Waals surface area contributed by atoms with E-state index < -0.39 is 14.3 Å². The minimum Gasteiger partial charge on any atom is -0.543 e. The largest absolute Gasteiger partial charge is 0.543 e. The Bertz CT molecular complexity index is 936. The third-order valence-corrected chi connectivity index (χ3v) is 11.1. The van der Waals surface area contributed by atoms with Gasteiger partial charge in [0.2, 0.25) is 0 Å². The van der Waals surface area contributed by atoms with E-state index in [4.69, 9.17) is 20.6 Å². The maximum absolute atomic E-state index is 13.1. The predicted octanol–water partition coefficient (Wildman–Crippen LogP) is 4.70. The van der Waals surface area contributed by atoms with Crippen LogP contribution in [0.4, 0.5) is 17.1 Å². The zero-order chi connectivity index (χ0) is 23.5. The Labute approximate surface area is 192 Å². The summed E-state index contributed by atoms with van der Waals surface area (Å²) in [7, 11) is -2.17. The van der Waals surface area contributed by atoms with Crippen molar-refractivity contribution in [2.45, 2.75) is 51.7 Å². The van der Waals surface area contributed by atoms with Gasteiger partial charge in [-0.05, 0) is 61.2 Å². The first-order chi connectivity index (χ1) is 15.0. The van der Waals surface area contributed by atoms with Crippen molar-refractivity contribution in [2.75, 3.05) is 36.1 Å². The van der Waals surface area contributed by atoms with Gasteiger partial charge >= 0.3 is 5.97 Å². The molecule has 0 atom stereocenters. The van der Waals surface area contributed by atoms with Crippen molar-refractivity contribution in [1.29, 1.82) is 0 Å². The molecule has 4 N–H and O–H groups in total. The maximum Gasteiger partial charge on any atom is 0.344 e. The maximum atomic E-state index is 13.1. The molecule has 1 fully saturated rings. The van der Waals surface area contributed by atoms with Crippen molar-refractivity contribution < 1.29 is 14.0 Å². The first-order valence-electron chi connectivity index (χ1n) is 11.2. The first kappa shape index (κ1) is 23.9. The fourth-order valence-corrected chi connectivity index (χ4v) is 4.54. The number of rotatable bonds is 6. The lowest BCUT2D eigenvalue weighted by Gasteiger charge is -2.37. The predicted molar refractivity (Wildman–Crippen MR) is 133 cm³/mol. The van der Waals surface area contributed by atoms with E-state index in [1.54, 1.807) is 12.1 Å². The summed E-state index contributed by atoms with van der Waals surface area (Å²) in [4.78, 5) is 19.5. The molecule has 1 aliphatic rings. The van der Waals surface area contributed by atoms with Crippen molar-refractivity contribution in [2.24, 2.45) is 5.92 Å². The van der Waals surface area contributed by atoms with Crippen molar-refractivity contribution in [3.63, 3.8) is 0 Å². The van der Waals surface area contributed by atoms with Crippen molar-refractivity contribution in [3.8, 4) is 5.75 Å². The second kappa shape index (κ2) is 9.40. The number of nitrogen functional groups attached to an aromatic ring is 2. The van der Waals surface area contributed by atoms with Crippen LogP contribution in [0.3, 0.4) is 0 Å². The highest BCUT2D eigenvalue weighted by Gasteiger charge is 2.40. The fraction of sp³-hybridized carbons (Fsp3) is 0.500. The second-order valence-corrected chi connectivity index (χ2v) is 14.8. The molecule has 0 amide bonds. The van der Waals surface area contributed by atoms with Gasteiger partial charge in [0.25, 0.3) is 8.32 Å². The van der Waals surface area contributed by atoms with Gasteiger partial charge in [-0.3, -0.25) is 4.98 Å². The van der Waals surface area contributed by atoms with Crippen molar-refractivity contribution in [3.05, 3.63) is 42.2 Å². The molecular weight excluding hydrogens is 420 g/mol. The van der Waals surface area contributed by atoms with Crippen LogP contribution in [0.1, 0.15) is 44.0 Å². The summed E-state index contributed by atoms with van der Waals surface area (Å²) in [6.07, 6.45) is 5.52. The van der Waals surface area contributed by atoms with Crippen LogP contribution in [0.5, 0.6) is 5.75 Å². The van der Waals surface area contributed by atoms with E-state index in [0.29, 0.717) is 24.0 Å². The van der Waals surface area contributed by atoms with Crippen LogP contribution in [-0.4, -0.2) is 39.0 Å². The van der Waals surface area contributed by atoms with Crippen molar-refractivity contribution in [1.82, 2.24) is 4.98 Å². The smallest absolute Gasteiger partial charge is 0.344 e. The quantitative estimate of drug-likeness (QED) is 0.369. The number of carbonyl (C=O) groups is 1. The topological polar surface area (TPSA) is 104 Å². The third kappa shape index (κ3) is 5.35. The zero-order valence-electron chi connectivity index (χ0n) is 19.9. The summed E-state index contributed by atoms with van der Waals surface area (Å²) in [5.74, 6) is 0.296. The average Bonchev–Trinajstić information content (AvgIpc) is 2.75. The Hall–Kier alpha value is -2.74. The number of ether oxygens (including phenoxy) is 1. The average molecular weight is 457 g/mol. The third-order valence-electron chi connectivity index (χ3n) is 6.71. The van der Waals surface area contributed by atoms with E-state index in [-0.39, 0.29) is 16.3 Å². The number of anilines is 3. The molecule has 0 spiro atoms. The minimum absolute atomic E-state index is 0.0207. The Kier molecular flexibility index (Phi) is 7.02. The van der Waals surface area contributed by atoms with Crippen LogP contribution in [0, 0.1) is 5.92 Å². The number of nitrogens with two attached hydrogens (primary N) is 2. The van der Waals surface area contributed by atoms with Gasteiger partial charge < -0.3 is 25.5 Å². The van der Waals surface area contributed by atoms with Crippen LogP contribution >= 0.6 is 0 Å². The highest BCUT2D eigenvalue weighted by Crippen LogP contribution is 2.40. The number of hydrogen-bond donors (Lipinski definition) is 2. The molecule has 0 radical (unpaired) electrons. The second-order valence-electron chi connectivity index (χ2n) is 10.0. The SMILES string of the molecule is CC(C)(C)[Si](C)(C)Oc1ccc(N)c(N)c1C(=O)OCC1CCN(c2ccncc2)CC1. The summed E-state index contributed by atoms with van der Waals surface area (Å²) < 4.78 is 12.1. The molecule has 3 rings (SSSR count). The lowest BCUT2D eigenvalue weighted by atomic mass is 9.97. The van der Waals surface area contributed by atoms with Crippen LogP contribution in [0.2, 0.25) is 18.1 Å². The monoisotopic (exact) mass is 456 g/mol. The van der Waals surface area contributed by atoms with Gasteiger partial charge in [-0.25, -0.2) is 4.79 Å². The summed E-state index contributed by atoms with van der Waals surface area (Å²) in [5.41, 5.74) is 14.2. The van der Waals surface area contributed by atoms with E-state index in [1.807, 2.05) is 24.5 Å². The molecule has 2 heterocycles. The number of esters is 1. The minimum atomic E-state index is -2.17. The summed E-state index contributed by atoms with van der Waals surface area (Å²) >= 11 is 0. The molecule has 1 aromatic heterocycles. The van der Waals surface area contributed by atoms with E-state index in [2.05, 4.69) is 43.7 Å². The molecule has 2 aromatic rings. The van der Waals surface area contributed by atoms with Crippen LogP contribution in [-0.2, 0) is 4.74 Å². The summed E-state index contributed by atoms with van der Waals surface area (Å²) in [5, 5.41) is -0.0207. The number of piperidine rings is 1. The normalized spacial score (nSPS) is 15.5.